The lowest BCUT2D eigenvalue weighted by Crippen LogP contribution is -2.29. The number of amidine groups is 1. The molecule has 1 saturated heterocycles. The first-order chi connectivity index (χ1) is 13.2. The summed E-state index contributed by atoms with van der Waals surface area (Å²) in [4.78, 5) is 19.9. The second-order valence-corrected chi connectivity index (χ2v) is 6.98. The third-order valence-corrected chi connectivity index (χ3v) is 4.87. The Balaban J connectivity index is 1.83. The molecule has 3 rings (SSSR count). The summed E-state index contributed by atoms with van der Waals surface area (Å²) in [6.45, 7) is 6.82. The van der Waals surface area contributed by atoms with E-state index in [0.717, 1.165) is 28.6 Å². The van der Waals surface area contributed by atoms with Gasteiger partial charge in [0.2, 0.25) is 0 Å². The first-order valence-electron chi connectivity index (χ1n) is 8.90. The normalized spacial score (nSPS) is 16.9. The zero-order chi connectivity index (χ0) is 19.1. The molecule has 4 nitrogen and oxygen atoms in total. The molecule has 2 aromatic rings. The van der Waals surface area contributed by atoms with Gasteiger partial charge in [0.15, 0.2) is 5.17 Å². The number of amides is 1. The zero-order valence-corrected chi connectivity index (χ0v) is 16.1. The fourth-order valence-corrected chi connectivity index (χ4v) is 3.62. The molecular weight excluding hydrogens is 356 g/mol. The number of aliphatic imine (C=N–C) groups is 1. The maximum Gasteiger partial charge on any atom is 0.266 e. The van der Waals surface area contributed by atoms with Crippen LogP contribution in [0, 0.1) is 0 Å². The highest BCUT2D eigenvalue weighted by Gasteiger charge is 2.32. The number of ether oxygens (including phenoxy) is 1. The van der Waals surface area contributed by atoms with Crippen LogP contribution in [-0.4, -0.2) is 29.1 Å². The van der Waals surface area contributed by atoms with Crippen LogP contribution in [0.5, 0.6) is 5.75 Å². The molecule has 27 heavy (non-hydrogen) atoms. The molecule has 5 heteroatoms. The van der Waals surface area contributed by atoms with Crippen molar-refractivity contribution in [2.75, 3.05) is 13.2 Å². The van der Waals surface area contributed by atoms with Crippen LogP contribution in [0.1, 0.15) is 18.9 Å². The predicted molar refractivity (Wildman–Crippen MR) is 113 cm³/mol. The second kappa shape index (κ2) is 9.24. The largest absolute Gasteiger partial charge is 0.490 e. The molecule has 1 aliphatic heterocycles. The van der Waals surface area contributed by atoms with Crippen molar-refractivity contribution in [1.29, 1.82) is 0 Å². The van der Waals surface area contributed by atoms with Crippen molar-refractivity contribution in [3.63, 3.8) is 0 Å². The van der Waals surface area contributed by atoms with Crippen LogP contribution in [0.4, 0.5) is 5.69 Å². The van der Waals surface area contributed by atoms with Crippen LogP contribution in [0.2, 0.25) is 0 Å². The molecule has 0 atom stereocenters. The van der Waals surface area contributed by atoms with Gasteiger partial charge in [-0.15, -0.1) is 0 Å². The Morgan fingerprint density at radius 3 is 2.56 bits per heavy atom. The summed E-state index contributed by atoms with van der Waals surface area (Å²) in [7, 11) is 0. The van der Waals surface area contributed by atoms with Crippen molar-refractivity contribution < 1.29 is 9.53 Å². The van der Waals surface area contributed by atoms with Crippen molar-refractivity contribution in [3.05, 3.63) is 77.7 Å². The van der Waals surface area contributed by atoms with Gasteiger partial charge in [0, 0.05) is 6.54 Å². The molecular formula is C22H22N2O2S. The molecule has 1 heterocycles. The molecule has 138 valence electrons. The first-order valence-corrected chi connectivity index (χ1v) is 9.72. The minimum atomic E-state index is 0.00325. The van der Waals surface area contributed by atoms with Gasteiger partial charge >= 0.3 is 0 Å². The Morgan fingerprint density at radius 2 is 1.89 bits per heavy atom. The summed E-state index contributed by atoms with van der Waals surface area (Å²) in [5.41, 5.74) is 1.80. The predicted octanol–water partition coefficient (Wildman–Crippen LogP) is 5.27. The van der Waals surface area contributed by atoms with E-state index < -0.39 is 0 Å². The standard InChI is InChI=1S/C22H22N2O2S/c1-3-14-24-21(25)20(27-22(24)23-18-8-6-5-7-9-18)16-17-10-12-19(13-11-17)26-15-4-2/h4-13,16H,2-3,14-15H2,1H3/b20-16+,23-22?. The number of carbonyl (C=O) groups is 1. The molecule has 0 unspecified atom stereocenters. The molecule has 1 fully saturated rings. The molecule has 0 aromatic heterocycles. The van der Waals surface area contributed by atoms with Crippen LogP contribution in [0.3, 0.4) is 0 Å². The number of nitrogens with zero attached hydrogens (tertiary/aromatic N) is 2. The van der Waals surface area contributed by atoms with Gasteiger partial charge in [-0.2, -0.15) is 0 Å². The third-order valence-electron chi connectivity index (χ3n) is 3.86. The summed E-state index contributed by atoms with van der Waals surface area (Å²) in [6.07, 6.45) is 4.49. The van der Waals surface area contributed by atoms with E-state index in [1.54, 1.807) is 11.0 Å². The molecule has 0 saturated carbocycles. The van der Waals surface area contributed by atoms with Crippen molar-refractivity contribution in [2.24, 2.45) is 4.99 Å². The van der Waals surface area contributed by atoms with E-state index >= 15 is 0 Å². The van der Waals surface area contributed by atoms with Gasteiger partial charge in [0.25, 0.3) is 5.91 Å². The number of thioether (sulfide) groups is 1. The zero-order valence-electron chi connectivity index (χ0n) is 15.3. The van der Waals surface area contributed by atoms with Crippen LogP contribution >= 0.6 is 11.8 Å². The summed E-state index contributed by atoms with van der Waals surface area (Å²) in [5, 5.41) is 0.727. The van der Waals surface area contributed by atoms with E-state index in [9.17, 15) is 4.79 Å². The van der Waals surface area contributed by atoms with E-state index in [-0.39, 0.29) is 5.91 Å². The minimum absolute atomic E-state index is 0.00325. The number of para-hydroxylation sites is 1. The van der Waals surface area contributed by atoms with Gasteiger partial charge in [-0.3, -0.25) is 9.69 Å². The van der Waals surface area contributed by atoms with Gasteiger partial charge in [-0.1, -0.05) is 49.9 Å². The van der Waals surface area contributed by atoms with Gasteiger partial charge in [0.05, 0.1) is 10.6 Å². The topological polar surface area (TPSA) is 41.9 Å². The van der Waals surface area contributed by atoms with Gasteiger partial charge < -0.3 is 4.74 Å². The lowest BCUT2D eigenvalue weighted by Gasteiger charge is -2.13. The monoisotopic (exact) mass is 378 g/mol. The number of rotatable bonds is 7. The van der Waals surface area contributed by atoms with Crippen LogP contribution in [0.15, 0.2) is 77.1 Å². The highest BCUT2D eigenvalue weighted by Crippen LogP contribution is 2.34. The van der Waals surface area contributed by atoms with Crippen LogP contribution in [0.25, 0.3) is 6.08 Å². The highest BCUT2D eigenvalue weighted by atomic mass is 32.2. The Kier molecular flexibility index (Phi) is 6.49. The number of carbonyl (C=O) groups excluding carboxylic acids is 1. The number of benzene rings is 2. The van der Waals surface area contributed by atoms with Gasteiger partial charge in [-0.05, 0) is 54.1 Å². The lowest BCUT2D eigenvalue weighted by molar-refractivity contribution is -0.122. The van der Waals surface area contributed by atoms with E-state index in [1.165, 1.54) is 11.8 Å². The lowest BCUT2D eigenvalue weighted by atomic mass is 10.2. The van der Waals surface area contributed by atoms with Crippen LogP contribution < -0.4 is 4.74 Å². The maximum atomic E-state index is 12.8. The number of hydrogen-bond acceptors (Lipinski definition) is 4. The Morgan fingerprint density at radius 1 is 1.15 bits per heavy atom. The quantitative estimate of drug-likeness (QED) is 0.487. The van der Waals surface area contributed by atoms with Crippen LogP contribution in [-0.2, 0) is 4.79 Å². The SMILES string of the molecule is C=CCOc1ccc(/C=C2/SC(=Nc3ccccc3)N(CCC)C2=O)cc1. The molecule has 0 N–H and O–H groups in total. The summed E-state index contributed by atoms with van der Waals surface area (Å²) in [5.74, 6) is 0.782. The Hall–Kier alpha value is -2.79. The molecule has 0 bridgehead atoms. The third kappa shape index (κ3) is 4.89. The molecule has 1 amide bonds. The first kappa shape index (κ1) is 19.0. The highest BCUT2D eigenvalue weighted by molar-refractivity contribution is 8.18. The summed E-state index contributed by atoms with van der Waals surface area (Å²) in [6, 6.07) is 17.4. The molecule has 2 aromatic carbocycles. The average Bonchev–Trinajstić information content (AvgIpc) is 2.97. The summed E-state index contributed by atoms with van der Waals surface area (Å²) < 4.78 is 5.50. The maximum absolute atomic E-state index is 12.8. The van der Waals surface area contributed by atoms with E-state index in [2.05, 4.69) is 18.5 Å². The fourth-order valence-electron chi connectivity index (χ4n) is 2.59. The molecule has 1 aliphatic rings. The van der Waals surface area contributed by atoms with Crippen molar-refractivity contribution in [3.8, 4) is 5.75 Å². The fraction of sp³-hybridized carbons (Fsp3) is 0.182. The Bertz CT molecular complexity index is 858. The number of hydrogen-bond donors (Lipinski definition) is 0. The van der Waals surface area contributed by atoms with Gasteiger partial charge in [0.1, 0.15) is 12.4 Å². The molecule has 0 radical (unpaired) electrons. The van der Waals surface area contributed by atoms with E-state index in [1.807, 2.05) is 60.7 Å². The van der Waals surface area contributed by atoms with E-state index in [4.69, 9.17) is 4.74 Å². The summed E-state index contributed by atoms with van der Waals surface area (Å²) >= 11 is 1.42. The van der Waals surface area contributed by atoms with Crippen molar-refractivity contribution in [2.45, 2.75) is 13.3 Å². The minimum Gasteiger partial charge on any atom is -0.490 e. The van der Waals surface area contributed by atoms with Gasteiger partial charge in [-0.25, -0.2) is 4.99 Å². The van der Waals surface area contributed by atoms with Crippen molar-refractivity contribution in [1.82, 2.24) is 4.90 Å². The smallest absolute Gasteiger partial charge is 0.266 e. The molecule has 0 aliphatic carbocycles. The molecule has 0 spiro atoms. The second-order valence-electron chi connectivity index (χ2n) is 5.97. The van der Waals surface area contributed by atoms with Crippen molar-refractivity contribution >= 4 is 34.6 Å². The Labute approximate surface area is 164 Å². The van der Waals surface area contributed by atoms with E-state index in [0.29, 0.717) is 18.1 Å². The average molecular weight is 378 g/mol.